The molecule has 4 aromatic rings. The van der Waals surface area contributed by atoms with E-state index in [1.807, 2.05) is 13.0 Å². The summed E-state index contributed by atoms with van der Waals surface area (Å²) >= 11 is 0. The van der Waals surface area contributed by atoms with Crippen molar-refractivity contribution in [2.75, 3.05) is 11.8 Å². The number of nitrogens with zero attached hydrogens (tertiary/aromatic N) is 2. The molecule has 2 aromatic heterocycles. The molecule has 8 heteroatoms. The summed E-state index contributed by atoms with van der Waals surface area (Å²) in [6.07, 6.45) is 4.78. The van der Waals surface area contributed by atoms with Crippen molar-refractivity contribution in [2.45, 2.75) is 11.8 Å². The first-order valence-corrected chi connectivity index (χ1v) is 11.0. The molecule has 2 aromatic carbocycles. The molecule has 4 rings (SSSR count). The summed E-state index contributed by atoms with van der Waals surface area (Å²) in [4.78, 5) is 8.27. The number of methoxy groups -OCH3 is 1. The van der Waals surface area contributed by atoms with Crippen LogP contribution in [0.5, 0.6) is 5.75 Å². The van der Waals surface area contributed by atoms with Gasteiger partial charge in [-0.3, -0.25) is 14.7 Å². The van der Waals surface area contributed by atoms with Crippen LogP contribution < -0.4 is 9.46 Å². The number of anilines is 1. The summed E-state index contributed by atoms with van der Waals surface area (Å²) in [6.45, 7) is 1.88. The number of aryl methyl sites for hydroxylation is 1. The summed E-state index contributed by atoms with van der Waals surface area (Å²) in [5, 5.41) is 0.559. The molecule has 0 radical (unpaired) electrons. The van der Waals surface area contributed by atoms with Gasteiger partial charge in [0.1, 0.15) is 16.5 Å². The third-order valence-corrected chi connectivity index (χ3v) is 6.04. The highest BCUT2D eigenvalue weighted by Gasteiger charge is 2.21. The van der Waals surface area contributed by atoms with Crippen LogP contribution in [0.2, 0.25) is 0 Å². The van der Waals surface area contributed by atoms with Gasteiger partial charge in [-0.05, 0) is 61.0 Å². The molecule has 160 valence electrons. The van der Waals surface area contributed by atoms with Crippen molar-refractivity contribution in [1.82, 2.24) is 9.97 Å². The second-order valence-corrected chi connectivity index (χ2v) is 8.61. The molecule has 0 saturated carbocycles. The fraction of sp³-hybridized carbons (Fsp3) is 0.0833. The van der Waals surface area contributed by atoms with Gasteiger partial charge in [-0.2, -0.15) is 0 Å². The monoisotopic (exact) mass is 447 g/mol. The van der Waals surface area contributed by atoms with E-state index in [9.17, 15) is 12.8 Å². The molecular weight excluding hydrogens is 429 g/mol. The Bertz CT molecular complexity index is 1490. The van der Waals surface area contributed by atoms with Gasteiger partial charge in [0.2, 0.25) is 0 Å². The van der Waals surface area contributed by atoms with Gasteiger partial charge in [0.25, 0.3) is 10.0 Å². The standard InChI is InChI=1S/C24H18FN3O3S/c1-16-12-17(15-26-14-16)5-6-18-13-19(25)7-8-21(18)28-32(29,30)23-10-9-22(31-2)20-4-3-11-27-24(20)23/h3-4,7-15,28H,1-2H3. The molecule has 0 aliphatic heterocycles. The molecule has 0 aliphatic rings. The first-order chi connectivity index (χ1) is 15.4. The molecule has 0 amide bonds. The Morgan fingerprint density at radius 1 is 1.06 bits per heavy atom. The van der Waals surface area contributed by atoms with Gasteiger partial charge >= 0.3 is 0 Å². The maximum atomic E-state index is 13.9. The van der Waals surface area contributed by atoms with Crippen molar-refractivity contribution in [2.24, 2.45) is 0 Å². The summed E-state index contributed by atoms with van der Waals surface area (Å²) in [7, 11) is -2.56. The molecule has 0 atom stereocenters. The number of hydrogen-bond donors (Lipinski definition) is 1. The Kier molecular flexibility index (Phi) is 5.75. The summed E-state index contributed by atoms with van der Waals surface area (Å²) in [5.74, 6) is 5.71. The van der Waals surface area contributed by atoms with Crippen molar-refractivity contribution < 1.29 is 17.5 Å². The minimum absolute atomic E-state index is 0.0278. The normalized spacial score (nSPS) is 11.0. The average molecular weight is 447 g/mol. The fourth-order valence-corrected chi connectivity index (χ4v) is 4.43. The quantitative estimate of drug-likeness (QED) is 0.472. The van der Waals surface area contributed by atoms with E-state index in [-0.39, 0.29) is 21.7 Å². The van der Waals surface area contributed by atoms with Crippen molar-refractivity contribution in [3.8, 4) is 17.6 Å². The molecule has 32 heavy (non-hydrogen) atoms. The van der Waals surface area contributed by atoms with E-state index in [4.69, 9.17) is 4.74 Å². The van der Waals surface area contributed by atoms with Gasteiger partial charge in [-0.15, -0.1) is 0 Å². The van der Waals surface area contributed by atoms with Crippen LogP contribution in [0.3, 0.4) is 0 Å². The number of fused-ring (bicyclic) bond motifs is 1. The Balaban J connectivity index is 1.76. The second kappa shape index (κ2) is 8.65. The van der Waals surface area contributed by atoms with E-state index in [1.165, 1.54) is 37.6 Å². The topological polar surface area (TPSA) is 81.2 Å². The summed E-state index contributed by atoms with van der Waals surface area (Å²) < 4.78 is 48.2. The van der Waals surface area contributed by atoms with E-state index >= 15 is 0 Å². The fourth-order valence-electron chi connectivity index (χ4n) is 3.19. The van der Waals surface area contributed by atoms with Crippen LogP contribution in [-0.4, -0.2) is 25.5 Å². The largest absolute Gasteiger partial charge is 0.496 e. The van der Waals surface area contributed by atoms with Gasteiger partial charge in [0.05, 0.1) is 23.9 Å². The molecule has 0 aliphatic carbocycles. The lowest BCUT2D eigenvalue weighted by molar-refractivity contribution is 0.419. The summed E-state index contributed by atoms with van der Waals surface area (Å²) in [6, 6.07) is 11.9. The van der Waals surface area contributed by atoms with Crippen LogP contribution >= 0.6 is 0 Å². The summed E-state index contributed by atoms with van der Waals surface area (Å²) in [5.41, 5.74) is 2.17. The number of hydrogen-bond acceptors (Lipinski definition) is 5. The van der Waals surface area contributed by atoms with Gasteiger partial charge in [0, 0.05) is 29.5 Å². The van der Waals surface area contributed by atoms with Gasteiger partial charge in [0.15, 0.2) is 0 Å². The molecule has 1 N–H and O–H groups in total. The number of ether oxygens (including phenoxy) is 1. The minimum Gasteiger partial charge on any atom is -0.496 e. The smallest absolute Gasteiger partial charge is 0.264 e. The Morgan fingerprint density at radius 3 is 2.69 bits per heavy atom. The van der Waals surface area contributed by atoms with E-state index in [0.29, 0.717) is 16.7 Å². The highest BCUT2D eigenvalue weighted by molar-refractivity contribution is 7.93. The minimum atomic E-state index is -4.06. The number of rotatable bonds is 4. The molecule has 0 bridgehead atoms. The first kappa shape index (κ1) is 21.3. The van der Waals surface area contributed by atoms with Crippen LogP contribution in [0.25, 0.3) is 10.9 Å². The predicted molar refractivity (Wildman–Crippen MR) is 120 cm³/mol. The van der Waals surface area contributed by atoms with E-state index in [2.05, 4.69) is 26.5 Å². The second-order valence-electron chi connectivity index (χ2n) is 6.96. The van der Waals surface area contributed by atoms with E-state index < -0.39 is 15.8 Å². The number of halogens is 1. The molecule has 0 fully saturated rings. The van der Waals surface area contributed by atoms with E-state index in [1.54, 1.807) is 30.6 Å². The number of benzene rings is 2. The zero-order chi connectivity index (χ0) is 22.7. The molecule has 0 spiro atoms. The predicted octanol–water partition coefficient (Wildman–Crippen LogP) is 4.29. The molecule has 0 unspecified atom stereocenters. The van der Waals surface area contributed by atoms with Crippen molar-refractivity contribution in [3.05, 3.63) is 89.6 Å². The van der Waals surface area contributed by atoms with Gasteiger partial charge in [-0.25, -0.2) is 12.8 Å². The maximum Gasteiger partial charge on any atom is 0.264 e. The van der Waals surface area contributed by atoms with Crippen LogP contribution in [0, 0.1) is 24.6 Å². The number of pyridine rings is 2. The number of aromatic nitrogens is 2. The van der Waals surface area contributed by atoms with E-state index in [0.717, 1.165) is 5.56 Å². The number of nitrogens with one attached hydrogen (secondary N) is 1. The lowest BCUT2D eigenvalue weighted by atomic mass is 10.1. The van der Waals surface area contributed by atoms with Crippen LogP contribution in [-0.2, 0) is 10.0 Å². The number of sulfonamides is 1. The average Bonchev–Trinajstić information content (AvgIpc) is 2.78. The molecule has 6 nitrogen and oxygen atoms in total. The lowest BCUT2D eigenvalue weighted by Gasteiger charge is -2.13. The highest BCUT2D eigenvalue weighted by Crippen LogP contribution is 2.31. The first-order valence-electron chi connectivity index (χ1n) is 9.55. The molecule has 2 heterocycles. The van der Waals surface area contributed by atoms with Gasteiger partial charge < -0.3 is 4.74 Å². The Hall–Kier alpha value is -3.96. The highest BCUT2D eigenvalue weighted by atomic mass is 32.2. The zero-order valence-electron chi connectivity index (χ0n) is 17.3. The van der Waals surface area contributed by atoms with Crippen LogP contribution in [0.15, 0.2) is 72.0 Å². The van der Waals surface area contributed by atoms with Crippen molar-refractivity contribution >= 4 is 26.6 Å². The van der Waals surface area contributed by atoms with Crippen LogP contribution in [0.4, 0.5) is 10.1 Å². The van der Waals surface area contributed by atoms with Crippen molar-refractivity contribution in [1.29, 1.82) is 0 Å². The van der Waals surface area contributed by atoms with Crippen molar-refractivity contribution in [3.63, 3.8) is 0 Å². The molecular formula is C24H18FN3O3S. The lowest BCUT2D eigenvalue weighted by Crippen LogP contribution is -2.15. The SMILES string of the molecule is COc1ccc(S(=O)(=O)Nc2ccc(F)cc2C#Cc2cncc(C)c2)c2ncccc12. The third-order valence-electron chi connectivity index (χ3n) is 4.64. The zero-order valence-corrected chi connectivity index (χ0v) is 18.1. The Labute approximate surface area is 185 Å². The Morgan fingerprint density at radius 2 is 1.91 bits per heavy atom. The molecule has 0 saturated heterocycles. The van der Waals surface area contributed by atoms with Gasteiger partial charge in [-0.1, -0.05) is 11.8 Å². The van der Waals surface area contributed by atoms with Crippen LogP contribution in [0.1, 0.15) is 16.7 Å². The third kappa shape index (κ3) is 4.38. The maximum absolute atomic E-state index is 13.9.